The summed E-state index contributed by atoms with van der Waals surface area (Å²) in [7, 11) is 0. The minimum absolute atomic E-state index is 0.214. The van der Waals surface area contributed by atoms with E-state index in [-0.39, 0.29) is 5.56 Å². The van der Waals surface area contributed by atoms with Crippen molar-refractivity contribution in [3.05, 3.63) is 41.9 Å². The van der Waals surface area contributed by atoms with Crippen LogP contribution in [0.1, 0.15) is 16.1 Å². The van der Waals surface area contributed by atoms with Crippen molar-refractivity contribution >= 4 is 29.5 Å². The highest BCUT2D eigenvalue weighted by atomic mass is 32.2. The Hall–Kier alpha value is -1.60. The first-order chi connectivity index (χ1) is 9.20. The number of hydrogen-bond donors (Lipinski definition) is 1. The molecule has 2 aromatic heterocycles. The van der Waals surface area contributed by atoms with Gasteiger partial charge < -0.3 is 5.11 Å². The van der Waals surface area contributed by atoms with Gasteiger partial charge in [-0.2, -0.15) is 0 Å². The number of carboxylic acids is 1. The highest BCUT2D eigenvalue weighted by molar-refractivity contribution is 7.98. The Morgan fingerprint density at radius 1 is 1.32 bits per heavy atom. The SMILES string of the molecule is CSc1nccc(CSc2ncccc2C(=O)O)n1. The Morgan fingerprint density at radius 2 is 2.16 bits per heavy atom. The highest BCUT2D eigenvalue weighted by Gasteiger charge is 2.11. The molecule has 7 heteroatoms. The minimum Gasteiger partial charge on any atom is -0.478 e. The summed E-state index contributed by atoms with van der Waals surface area (Å²) in [6, 6.07) is 4.98. The molecule has 0 aliphatic carbocycles. The van der Waals surface area contributed by atoms with Crippen LogP contribution >= 0.6 is 23.5 Å². The summed E-state index contributed by atoms with van der Waals surface area (Å²) in [5.41, 5.74) is 1.07. The molecule has 0 saturated heterocycles. The number of carboxylic acid groups (broad SMARTS) is 1. The average molecular weight is 293 g/mol. The second-order valence-electron chi connectivity index (χ2n) is 3.48. The molecular formula is C12H11N3O2S2. The molecule has 0 fully saturated rings. The summed E-state index contributed by atoms with van der Waals surface area (Å²) in [4.78, 5) is 23.6. The van der Waals surface area contributed by atoms with Crippen LogP contribution in [0.2, 0.25) is 0 Å². The normalized spacial score (nSPS) is 10.4. The van der Waals surface area contributed by atoms with E-state index in [1.54, 1.807) is 24.5 Å². The summed E-state index contributed by atoms with van der Waals surface area (Å²) in [6.07, 6.45) is 5.20. The number of hydrogen-bond acceptors (Lipinski definition) is 6. The lowest BCUT2D eigenvalue weighted by atomic mass is 10.3. The summed E-state index contributed by atoms with van der Waals surface area (Å²) < 4.78 is 0. The molecule has 0 radical (unpaired) electrons. The van der Waals surface area contributed by atoms with Gasteiger partial charge >= 0.3 is 5.97 Å². The lowest BCUT2D eigenvalue weighted by Gasteiger charge is -2.04. The van der Waals surface area contributed by atoms with Crippen LogP contribution in [-0.4, -0.2) is 32.3 Å². The maximum atomic E-state index is 11.1. The Bertz CT molecular complexity index is 593. The fraction of sp³-hybridized carbons (Fsp3) is 0.167. The predicted octanol–water partition coefficient (Wildman–Crippen LogP) is 2.58. The zero-order valence-electron chi connectivity index (χ0n) is 10.1. The van der Waals surface area contributed by atoms with E-state index in [2.05, 4.69) is 15.0 Å². The van der Waals surface area contributed by atoms with Crippen LogP contribution in [0.3, 0.4) is 0 Å². The van der Waals surface area contributed by atoms with Crippen LogP contribution in [0, 0.1) is 0 Å². The van der Waals surface area contributed by atoms with Crippen LogP contribution in [0.4, 0.5) is 0 Å². The first-order valence-corrected chi connectivity index (χ1v) is 7.58. The summed E-state index contributed by atoms with van der Waals surface area (Å²) >= 11 is 2.83. The zero-order valence-corrected chi connectivity index (χ0v) is 11.7. The highest BCUT2D eigenvalue weighted by Crippen LogP contribution is 2.23. The van der Waals surface area contributed by atoms with Crippen LogP contribution in [0.15, 0.2) is 40.8 Å². The third-order valence-electron chi connectivity index (χ3n) is 2.23. The quantitative estimate of drug-likeness (QED) is 0.670. The predicted molar refractivity (Wildman–Crippen MR) is 74.6 cm³/mol. The number of aromatic carboxylic acids is 1. The summed E-state index contributed by atoms with van der Waals surface area (Å²) in [5, 5.41) is 10.3. The van der Waals surface area contributed by atoms with Gasteiger partial charge in [-0.3, -0.25) is 0 Å². The van der Waals surface area contributed by atoms with Gasteiger partial charge in [-0.1, -0.05) is 23.5 Å². The molecule has 0 spiro atoms. The Balaban J connectivity index is 2.12. The van der Waals surface area contributed by atoms with E-state index >= 15 is 0 Å². The standard InChI is InChI=1S/C12H11N3O2S2/c1-18-12-14-6-4-8(15-12)7-19-10-9(11(16)17)3-2-5-13-10/h2-6H,7H2,1H3,(H,16,17). The number of pyridine rings is 1. The topological polar surface area (TPSA) is 76.0 Å². The molecule has 0 unspecified atom stereocenters. The second-order valence-corrected chi connectivity index (χ2v) is 5.22. The molecule has 0 aromatic carbocycles. The van der Waals surface area contributed by atoms with E-state index in [0.29, 0.717) is 15.9 Å². The smallest absolute Gasteiger partial charge is 0.338 e. The largest absolute Gasteiger partial charge is 0.478 e. The molecule has 2 aromatic rings. The molecule has 98 valence electrons. The molecule has 5 nitrogen and oxygen atoms in total. The molecule has 0 aliphatic rings. The Labute approximate surface area is 118 Å². The number of aromatic nitrogens is 3. The molecule has 0 atom stereocenters. The number of rotatable bonds is 5. The lowest BCUT2D eigenvalue weighted by Crippen LogP contribution is -2.00. The van der Waals surface area contributed by atoms with E-state index in [1.807, 2.05) is 12.3 Å². The van der Waals surface area contributed by atoms with Crippen LogP contribution in [0.5, 0.6) is 0 Å². The van der Waals surface area contributed by atoms with Crippen molar-refractivity contribution in [1.82, 2.24) is 15.0 Å². The number of carbonyl (C=O) groups is 1. The van der Waals surface area contributed by atoms with E-state index in [0.717, 1.165) is 5.69 Å². The van der Waals surface area contributed by atoms with Crippen molar-refractivity contribution in [3.63, 3.8) is 0 Å². The van der Waals surface area contributed by atoms with Crippen LogP contribution in [0.25, 0.3) is 0 Å². The van der Waals surface area contributed by atoms with Crippen molar-refractivity contribution in [2.45, 2.75) is 15.9 Å². The maximum Gasteiger partial charge on any atom is 0.338 e. The molecule has 2 heterocycles. The number of thioether (sulfide) groups is 2. The average Bonchev–Trinajstić information content (AvgIpc) is 2.45. The Kier molecular flexibility index (Phi) is 4.75. The molecule has 0 saturated carbocycles. The van der Waals surface area contributed by atoms with Gasteiger partial charge in [0.15, 0.2) is 5.16 Å². The van der Waals surface area contributed by atoms with Crippen molar-refractivity contribution in [1.29, 1.82) is 0 Å². The maximum absolute atomic E-state index is 11.1. The monoisotopic (exact) mass is 293 g/mol. The number of nitrogens with zero attached hydrogens (tertiary/aromatic N) is 3. The van der Waals surface area contributed by atoms with Gasteiger partial charge in [-0.25, -0.2) is 19.7 Å². The summed E-state index contributed by atoms with van der Waals surface area (Å²) in [6.45, 7) is 0. The third kappa shape index (κ3) is 3.68. The zero-order chi connectivity index (χ0) is 13.7. The fourth-order valence-corrected chi connectivity index (χ4v) is 2.63. The van der Waals surface area contributed by atoms with Gasteiger partial charge in [0.25, 0.3) is 0 Å². The van der Waals surface area contributed by atoms with Gasteiger partial charge in [-0.15, -0.1) is 0 Å². The van der Waals surface area contributed by atoms with Crippen molar-refractivity contribution in [2.75, 3.05) is 6.26 Å². The van der Waals surface area contributed by atoms with Crippen LogP contribution in [-0.2, 0) is 5.75 Å². The van der Waals surface area contributed by atoms with E-state index in [4.69, 9.17) is 5.11 Å². The van der Waals surface area contributed by atoms with Gasteiger partial charge in [0.1, 0.15) is 5.03 Å². The van der Waals surface area contributed by atoms with Gasteiger partial charge in [0.2, 0.25) is 0 Å². The van der Waals surface area contributed by atoms with Gasteiger partial charge in [-0.05, 0) is 24.5 Å². The lowest BCUT2D eigenvalue weighted by molar-refractivity contribution is 0.0692. The third-order valence-corrected chi connectivity index (χ3v) is 3.83. The molecule has 19 heavy (non-hydrogen) atoms. The fourth-order valence-electron chi connectivity index (χ4n) is 1.37. The second kappa shape index (κ2) is 6.53. The minimum atomic E-state index is -0.969. The molecule has 0 amide bonds. The van der Waals surface area contributed by atoms with Crippen molar-refractivity contribution < 1.29 is 9.90 Å². The Morgan fingerprint density at radius 3 is 2.89 bits per heavy atom. The molecule has 1 N–H and O–H groups in total. The molecule has 0 bridgehead atoms. The first kappa shape index (κ1) is 13.8. The molecule has 2 rings (SSSR count). The molecule has 0 aliphatic heterocycles. The molecular weight excluding hydrogens is 282 g/mol. The van der Waals surface area contributed by atoms with Crippen molar-refractivity contribution in [2.24, 2.45) is 0 Å². The first-order valence-electron chi connectivity index (χ1n) is 5.37. The van der Waals surface area contributed by atoms with Gasteiger partial charge in [0, 0.05) is 18.1 Å². The van der Waals surface area contributed by atoms with Crippen molar-refractivity contribution in [3.8, 4) is 0 Å². The van der Waals surface area contributed by atoms with Gasteiger partial charge in [0.05, 0.1) is 11.3 Å². The van der Waals surface area contributed by atoms with E-state index in [9.17, 15) is 4.79 Å². The van der Waals surface area contributed by atoms with Crippen LogP contribution < -0.4 is 0 Å². The summed E-state index contributed by atoms with van der Waals surface area (Å²) in [5.74, 6) is -0.406. The van der Waals surface area contributed by atoms with E-state index in [1.165, 1.54) is 23.5 Å². The van der Waals surface area contributed by atoms with E-state index < -0.39 is 5.97 Å².